The molecule has 1 saturated carbocycles. The van der Waals surface area contributed by atoms with Crippen molar-refractivity contribution in [2.24, 2.45) is 23.7 Å². The van der Waals surface area contributed by atoms with Gasteiger partial charge in [-0.2, -0.15) is 0 Å². The molecule has 15 heteroatoms. The maximum Gasteiger partial charge on any atom is 0.341 e. The van der Waals surface area contributed by atoms with Crippen LogP contribution >= 0.6 is 0 Å². The monoisotopic (exact) mass is 891 g/mol. The fourth-order valence-corrected chi connectivity index (χ4v) is 11.0. The Morgan fingerprint density at radius 1 is 0.857 bits per heavy atom. The molecule has 0 unspecified atom stereocenters. The molecule has 7 aliphatic rings. The van der Waals surface area contributed by atoms with Gasteiger partial charge in [0.25, 0.3) is 0 Å². The van der Waals surface area contributed by atoms with E-state index in [1.807, 2.05) is 32.9 Å². The van der Waals surface area contributed by atoms with Crippen molar-refractivity contribution < 1.29 is 72.6 Å². The van der Waals surface area contributed by atoms with E-state index in [2.05, 4.69) is 32.9 Å². The van der Waals surface area contributed by atoms with Crippen LogP contribution in [0.2, 0.25) is 0 Å². The van der Waals surface area contributed by atoms with E-state index in [0.29, 0.717) is 25.7 Å². The van der Waals surface area contributed by atoms with Crippen molar-refractivity contribution in [3.63, 3.8) is 0 Å². The number of esters is 1. The minimum absolute atomic E-state index is 0.110. The van der Waals surface area contributed by atoms with E-state index in [4.69, 9.17) is 47.4 Å². The van der Waals surface area contributed by atoms with E-state index in [-0.39, 0.29) is 48.9 Å². The molecule has 0 amide bonds. The number of carbonyl (C=O) groups is 1. The van der Waals surface area contributed by atoms with Gasteiger partial charge in [-0.3, -0.25) is 0 Å². The summed E-state index contributed by atoms with van der Waals surface area (Å²) in [6.45, 7) is 15.8. The van der Waals surface area contributed by atoms with Crippen molar-refractivity contribution >= 4 is 5.97 Å². The number of ether oxygens (including phenoxy) is 10. The minimum Gasteiger partial charge on any atom is -0.460 e. The smallest absolute Gasteiger partial charge is 0.341 e. The Hall–Kier alpha value is -2.09. The molecular formula is C48H74O15. The van der Waals surface area contributed by atoms with Crippen LogP contribution in [-0.2, 0) is 52.2 Å². The van der Waals surface area contributed by atoms with Gasteiger partial charge < -0.3 is 67.8 Å². The highest BCUT2D eigenvalue weighted by Gasteiger charge is 2.70. The van der Waals surface area contributed by atoms with Gasteiger partial charge in [-0.25, -0.2) is 4.79 Å². The first-order valence-electron chi connectivity index (χ1n) is 23.3. The fourth-order valence-electron chi connectivity index (χ4n) is 11.0. The Bertz CT molecular complexity index is 1720. The van der Waals surface area contributed by atoms with Crippen LogP contribution in [0, 0.1) is 23.7 Å². The zero-order valence-corrected chi connectivity index (χ0v) is 38.8. The molecule has 1 spiro atoms. The molecule has 2 bridgehead atoms. The number of aliphatic hydroxyl groups is 4. The van der Waals surface area contributed by atoms with Gasteiger partial charge in [0.15, 0.2) is 29.6 Å². The van der Waals surface area contributed by atoms with Crippen LogP contribution < -0.4 is 0 Å². The second kappa shape index (κ2) is 19.6. The molecule has 7 rings (SSSR count). The molecule has 1 aliphatic carbocycles. The van der Waals surface area contributed by atoms with Crippen LogP contribution in [0.3, 0.4) is 0 Å². The Kier molecular flexibility index (Phi) is 15.2. The van der Waals surface area contributed by atoms with Crippen LogP contribution in [0.25, 0.3) is 0 Å². The summed E-state index contributed by atoms with van der Waals surface area (Å²) in [5, 5.41) is 46.8. The summed E-state index contributed by atoms with van der Waals surface area (Å²) in [5.74, 6) is -2.64. The number of carbonyl (C=O) groups excluding carboxylic acids is 1. The van der Waals surface area contributed by atoms with Crippen LogP contribution in [-0.4, -0.2) is 150 Å². The number of aliphatic hydroxyl groups excluding tert-OH is 2. The Balaban J connectivity index is 1.19. The number of allylic oxidation sites excluding steroid dienone is 2. The van der Waals surface area contributed by atoms with E-state index in [1.54, 1.807) is 40.2 Å². The van der Waals surface area contributed by atoms with E-state index in [9.17, 15) is 25.2 Å². The molecule has 6 aliphatic heterocycles. The van der Waals surface area contributed by atoms with Crippen molar-refractivity contribution in [3.8, 4) is 0 Å². The molecule has 4 saturated heterocycles. The summed E-state index contributed by atoms with van der Waals surface area (Å²) in [6.07, 6.45) is 5.23. The third-order valence-electron chi connectivity index (χ3n) is 15.0. The number of rotatable bonds is 8. The molecule has 5 fully saturated rings. The van der Waals surface area contributed by atoms with E-state index >= 15 is 0 Å². The molecule has 63 heavy (non-hydrogen) atoms. The number of hydrogen-bond donors (Lipinski definition) is 4. The summed E-state index contributed by atoms with van der Waals surface area (Å²) in [5.41, 5.74) is -3.51. The molecule has 21 atom stereocenters. The molecule has 0 aromatic carbocycles. The Morgan fingerprint density at radius 3 is 2.27 bits per heavy atom. The molecule has 0 aromatic rings. The van der Waals surface area contributed by atoms with Crippen LogP contribution in [0.4, 0.5) is 0 Å². The summed E-state index contributed by atoms with van der Waals surface area (Å²) >= 11 is 0. The predicted molar refractivity (Wildman–Crippen MR) is 229 cm³/mol. The molecule has 0 radical (unpaired) electrons. The van der Waals surface area contributed by atoms with Gasteiger partial charge >= 0.3 is 5.97 Å². The van der Waals surface area contributed by atoms with Crippen molar-refractivity contribution in [2.75, 3.05) is 20.8 Å². The van der Waals surface area contributed by atoms with Crippen molar-refractivity contribution in [2.45, 2.75) is 203 Å². The first-order valence-corrected chi connectivity index (χ1v) is 23.3. The highest BCUT2D eigenvalue weighted by Crippen LogP contribution is 2.51. The predicted octanol–water partition coefficient (Wildman–Crippen LogP) is 4.57. The number of methoxy groups -OCH3 is 2. The normalized spacial score (nSPS) is 51.0. The summed E-state index contributed by atoms with van der Waals surface area (Å²) in [4.78, 5) is 14.5. The molecule has 0 aromatic heterocycles. The quantitative estimate of drug-likeness (QED) is 0.196. The molecule has 6 heterocycles. The van der Waals surface area contributed by atoms with E-state index in [1.165, 1.54) is 0 Å². The second-order valence-corrected chi connectivity index (χ2v) is 19.6. The first kappa shape index (κ1) is 48.8. The standard InChI is InChI=1S/C48H74O15/c1-11-25(2)42-28(5)17-18-46(63-42)23-34-19-33(62-46)16-15-27(4)41(60-38-21-36(55-10)43(31(8)58-38)61-37-20-35(54-9)40(50)30(7)57-37)26(3)13-12-14-32-24-56-44-39(49)29(6)22-47(52,45(51)59-34)48(32,44)53/h12-15,17-18,25-26,28-31,33-44,49-50,52-53H,11,16,19-24H2,1-10H3/b13-12+,27-15+,32-14+/t25-,26-,28-,29-,30-,31-,33+,34-,35-,36-,37-,38-,39+,40-,41-,42+,43-,44+,46+,47+,48-/m0/s1. The van der Waals surface area contributed by atoms with Crippen LogP contribution in [0.15, 0.2) is 47.6 Å². The average Bonchev–Trinajstić information content (AvgIpc) is 3.60. The maximum atomic E-state index is 14.5. The molecular weight excluding hydrogens is 817 g/mol. The topological polar surface area (TPSA) is 190 Å². The highest BCUT2D eigenvalue weighted by molar-refractivity contribution is 5.83. The third-order valence-corrected chi connectivity index (χ3v) is 15.0. The lowest BCUT2D eigenvalue weighted by Crippen LogP contribution is -2.71. The summed E-state index contributed by atoms with van der Waals surface area (Å²) in [7, 11) is 3.20. The van der Waals surface area contributed by atoms with Gasteiger partial charge in [0.1, 0.15) is 24.4 Å². The average molecular weight is 891 g/mol. The number of hydrogen-bond acceptors (Lipinski definition) is 15. The second-order valence-electron chi connectivity index (χ2n) is 19.6. The lowest BCUT2D eigenvalue weighted by atomic mass is 9.63. The van der Waals surface area contributed by atoms with Gasteiger partial charge in [0.2, 0.25) is 0 Å². The largest absolute Gasteiger partial charge is 0.460 e. The van der Waals surface area contributed by atoms with Gasteiger partial charge in [0, 0.05) is 51.7 Å². The zero-order valence-electron chi connectivity index (χ0n) is 38.8. The SMILES string of the molecule is CC[C@H](C)[C@H]1O[C@]2(C=C[C@@H]1C)C[C@@H]1C[C@@H](C/C=C(\C)[C@@H](O[C@H]3C[C@H](OC)[C@@H](O[C@H]4C[C@H](OC)[C@@H](O)[C@H](C)O4)[C@H](C)O3)[C@@H](C)/C=C/C=C3\CO[C@@H]4[C@H](O)[C@@H](C)C[C@@](O)(C(=O)O1)[C@]34O)O2. The molecule has 4 N–H and O–H groups in total. The maximum absolute atomic E-state index is 14.5. The van der Waals surface area contributed by atoms with Crippen molar-refractivity contribution in [1.82, 2.24) is 0 Å². The summed E-state index contributed by atoms with van der Waals surface area (Å²) < 4.78 is 63.4. The van der Waals surface area contributed by atoms with E-state index < -0.39 is 109 Å². The fraction of sp³-hybridized carbons (Fsp3) is 0.812. The van der Waals surface area contributed by atoms with Crippen molar-refractivity contribution in [1.29, 1.82) is 0 Å². The molecule has 15 nitrogen and oxygen atoms in total. The number of fused-ring (bicyclic) bond motifs is 2. The Morgan fingerprint density at radius 2 is 1.56 bits per heavy atom. The van der Waals surface area contributed by atoms with Gasteiger partial charge in [-0.15, -0.1) is 0 Å². The van der Waals surface area contributed by atoms with E-state index in [0.717, 1.165) is 12.0 Å². The highest BCUT2D eigenvalue weighted by atomic mass is 16.7. The van der Waals surface area contributed by atoms with Crippen LogP contribution in [0.5, 0.6) is 0 Å². The van der Waals surface area contributed by atoms with Gasteiger partial charge in [0.05, 0.1) is 55.4 Å². The van der Waals surface area contributed by atoms with Crippen molar-refractivity contribution in [3.05, 3.63) is 47.6 Å². The lowest BCUT2D eigenvalue weighted by Gasteiger charge is -2.51. The van der Waals surface area contributed by atoms with Crippen LogP contribution in [0.1, 0.15) is 100 Å². The molecule has 356 valence electrons. The third kappa shape index (κ3) is 9.57. The van der Waals surface area contributed by atoms with Gasteiger partial charge in [-0.05, 0) is 62.7 Å². The Labute approximate surface area is 373 Å². The zero-order chi connectivity index (χ0) is 45.6. The van der Waals surface area contributed by atoms with Gasteiger partial charge in [-0.1, -0.05) is 71.4 Å². The summed E-state index contributed by atoms with van der Waals surface area (Å²) in [6, 6.07) is 0. The minimum atomic E-state index is -2.42. The first-order chi connectivity index (χ1) is 29.9. The lowest BCUT2D eigenvalue weighted by molar-refractivity contribution is -0.318.